The largest absolute Gasteiger partial charge is 0.384 e. The van der Waals surface area contributed by atoms with Crippen LogP contribution in [0.1, 0.15) is 44.7 Å². The summed E-state index contributed by atoms with van der Waals surface area (Å²) < 4.78 is 5.44. The van der Waals surface area contributed by atoms with Crippen LogP contribution in [0.4, 0.5) is 5.69 Å². The average molecular weight is 330 g/mol. The van der Waals surface area contributed by atoms with Gasteiger partial charge < -0.3 is 15.0 Å². The van der Waals surface area contributed by atoms with Crippen molar-refractivity contribution in [3.63, 3.8) is 0 Å². The van der Waals surface area contributed by atoms with E-state index in [4.69, 9.17) is 4.74 Å². The Hall–Kier alpha value is -1.39. The van der Waals surface area contributed by atoms with Crippen molar-refractivity contribution < 1.29 is 9.53 Å². The molecule has 24 heavy (non-hydrogen) atoms. The van der Waals surface area contributed by atoms with Gasteiger partial charge in [0.2, 0.25) is 5.91 Å². The van der Waals surface area contributed by atoms with E-state index in [-0.39, 0.29) is 16.7 Å². The summed E-state index contributed by atoms with van der Waals surface area (Å²) in [6, 6.07) is 6.60. The molecule has 0 unspecified atom stereocenters. The highest BCUT2D eigenvalue weighted by molar-refractivity contribution is 5.99. The number of rotatable bonds is 3. The maximum Gasteiger partial charge on any atom is 0.235 e. The number of carbonyl (C=O) groups excluding carboxylic acids is 1. The zero-order valence-corrected chi connectivity index (χ0v) is 15.4. The molecule has 3 rings (SSSR count). The molecule has 1 saturated heterocycles. The van der Waals surface area contributed by atoms with Crippen LogP contribution in [0.5, 0.6) is 0 Å². The number of fused-ring (bicyclic) bond motifs is 1. The van der Waals surface area contributed by atoms with Gasteiger partial charge in [0.25, 0.3) is 0 Å². The Labute approximate surface area is 145 Å². The normalized spacial score (nSPS) is 20.1. The molecular weight excluding hydrogens is 300 g/mol. The third kappa shape index (κ3) is 3.09. The highest BCUT2D eigenvalue weighted by Gasteiger charge is 2.44. The fourth-order valence-corrected chi connectivity index (χ4v) is 3.97. The molecule has 1 fully saturated rings. The lowest BCUT2D eigenvalue weighted by molar-refractivity contribution is -0.133. The number of benzene rings is 1. The topological polar surface area (TPSA) is 41.6 Å². The molecule has 0 atom stereocenters. The molecule has 2 aliphatic heterocycles. The molecule has 0 aliphatic carbocycles. The molecule has 132 valence electrons. The van der Waals surface area contributed by atoms with Crippen molar-refractivity contribution in [2.75, 3.05) is 38.3 Å². The minimum Gasteiger partial charge on any atom is -0.384 e. The number of nitrogens with zero attached hydrogens (tertiary/aromatic N) is 1. The molecule has 4 nitrogen and oxygen atoms in total. The smallest absolute Gasteiger partial charge is 0.235 e. The lowest BCUT2D eigenvalue weighted by Crippen LogP contribution is -2.51. The van der Waals surface area contributed by atoms with Gasteiger partial charge in [-0.1, -0.05) is 32.9 Å². The lowest BCUT2D eigenvalue weighted by atomic mass is 9.78. The van der Waals surface area contributed by atoms with Gasteiger partial charge >= 0.3 is 0 Å². The zero-order valence-electron chi connectivity index (χ0n) is 15.4. The Bertz CT molecular complexity index is 607. The van der Waals surface area contributed by atoms with Crippen LogP contribution in [0.25, 0.3) is 0 Å². The first-order valence-electron chi connectivity index (χ1n) is 9.02. The summed E-state index contributed by atoms with van der Waals surface area (Å²) in [5, 5.41) is 3.36. The number of ether oxygens (including phenoxy) is 1. The molecule has 1 aromatic rings. The molecule has 0 saturated carbocycles. The quantitative estimate of drug-likeness (QED) is 0.926. The average Bonchev–Trinajstić information content (AvgIpc) is 2.97. The number of anilines is 1. The van der Waals surface area contributed by atoms with Gasteiger partial charge in [0.1, 0.15) is 0 Å². The first-order chi connectivity index (χ1) is 11.4. The van der Waals surface area contributed by atoms with Gasteiger partial charge in [-0.2, -0.15) is 0 Å². The third-order valence-electron chi connectivity index (χ3n) is 5.52. The van der Waals surface area contributed by atoms with E-state index in [1.54, 1.807) is 7.11 Å². The van der Waals surface area contributed by atoms with Crippen LogP contribution < -0.4 is 10.2 Å². The van der Waals surface area contributed by atoms with Gasteiger partial charge in [-0.05, 0) is 55.0 Å². The van der Waals surface area contributed by atoms with E-state index < -0.39 is 0 Å². The summed E-state index contributed by atoms with van der Waals surface area (Å²) in [4.78, 5) is 15.4. The summed E-state index contributed by atoms with van der Waals surface area (Å²) in [6.45, 7) is 9.78. The highest BCUT2D eigenvalue weighted by Crippen LogP contribution is 2.38. The van der Waals surface area contributed by atoms with E-state index in [0.29, 0.717) is 6.61 Å². The summed E-state index contributed by atoms with van der Waals surface area (Å²) >= 11 is 0. The zero-order chi connectivity index (χ0) is 17.4. The summed E-state index contributed by atoms with van der Waals surface area (Å²) in [5.41, 5.74) is 3.51. The standard InChI is InChI=1S/C20H30N2O2/c1-19(2,3)16-5-6-17-15(13-16)7-12-22(17)18(23)20(14-24-4)8-10-21-11-9-20/h5-6,13,21H,7-12,14H2,1-4H3. The van der Waals surface area contributed by atoms with Gasteiger partial charge in [0.05, 0.1) is 12.0 Å². The Balaban J connectivity index is 1.88. The van der Waals surface area contributed by atoms with Crippen molar-refractivity contribution in [2.24, 2.45) is 5.41 Å². The van der Waals surface area contributed by atoms with Crippen LogP contribution in [0.3, 0.4) is 0 Å². The van der Waals surface area contributed by atoms with Crippen LogP contribution in [-0.2, 0) is 21.4 Å². The lowest BCUT2D eigenvalue weighted by Gasteiger charge is -2.38. The van der Waals surface area contributed by atoms with Crippen molar-refractivity contribution in [2.45, 2.75) is 45.4 Å². The van der Waals surface area contributed by atoms with E-state index in [0.717, 1.165) is 44.6 Å². The maximum absolute atomic E-state index is 13.4. The summed E-state index contributed by atoms with van der Waals surface area (Å²) in [5.74, 6) is 0.244. The molecule has 0 radical (unpaired) electrons. The number of hydrogen-bond acceptors (Lipinski definition) is 3. The van der Waals surface area contributed by atoms with Crippen molar-refractivity contribution in [1.29, 1.82) is 0 Å². The van der Waals surface area contributed by atoms with Crippen LogP contribution in [0.15, 0.2) is 18.2 Å². The van der Waals surface area contributed by atoms with E-state index in [1.807, 2.05) is 4.90 Å². The fourth-order valence-electron chi connectivity index (χ4n) is 3.97. The van der Waals surface area contributed by atoms with E-state index >= 15 is 0 Å². The fraction of sp³-hybridized carbons (Fsp3) is 0.650. The molecule has 1 N–H and O–H groups in total. The molecule has 4 heteroatoms. The molecule has 1 amide bonds. The SMILES string of the molecule is COCC1(C(=O)N2CCc3cc(C(C)(C)C)ccc32)CCNCC1. The van der Waals surface area contributed by atoms with Gasteiger partial charge in [0, 0.05) is 19.3 Å². The number of nitrogens with one attached hydrogen (secondary N) is 1. The molecule has 2 heterocycles. The molecule has 0 bridgehead atoms. The monoisotopic (exact) mass is 330 g/mol. The van der Waals surface area contributed by atoms with E-state index in [9.17, 15) is 4.79 Å². The molecular formula is C20H30N2O2. The number of piperidine rings is 1. The Morgan fingerprint density at radius 1 is 1.29 bits per heavy atom. The minimum atomic E-state index is -0.371. The van der Waals surface area contributed by atoms with Gasteiger partial charge in [0.15, 0.2) is 0 Å². The van der Waals surface area contributed by atoms with Crippen LogP contribution in [-0.4, -0.2) is 39.3 Å². The minimum absolute atomic E-state index is 0.138. The number of amides is 1. The predicted molar refractivity (Wildman–Crippen MR) is 97.6 cm³/mol. The maximum atomic E-state index is 13.4. The van der Waals surface area contributed by atoms with E-state index in [2.05, 4.69) is 44.3 Å². The van der Waals surface area contributed by atoms with E-state index in [1.165, 1.54) is 11.1 Å². The molecule has 2 aliphatic rings. The number of carbonyl (C=O) groups is 1. The van der Waals surface area contributed by atoms with Crippen molar-refractivity contribution in [1.82, 2.24) is 5.32 Å². The number of methoxy groups -OCH3 is 1. The summed E-state index contributed by atoms with van der Waals surface area (Å²) in [6.07, 6.45) is 2.66. The second-order valence-electron chi connectivity index (χ2n) is 8.26. The Kier molecular flexibility index (Phi) is 4.71. The third-order valence-corrected chi connectivity index (χ3v) is 5.52. The predicted octanol–water partition coefficient (Wildman–Crippen LogP) is 2.89. The highest BCUT2D eigenvalue weighted by atomic mass is 16.5. The second kappa shape index (κ2) is 6.49. The van der Waals surface area contributed by atoms with Crippen molar-refractivity contribution in [3.8, 4) is 0 Å². The van der Waals surface area contributed by atoms with Crippen LogP contribution in [0, 0.1) is 5.41 Å². The first-order valence-corrected chi connectivity index (χ1v) is 9.02. The molecule has 0 aromatic heterocycles. The summed E-state index contributed by atoms with van der Waals surface area (Å²) in [7, 11) is 1.70. The van der Waals surface area contributed by atoms with Gasteiger partial charge in [-0.25, -0.2) is 0 Å². The van der Waals surface area contributed by atoms with Gasteiger partial charge in [-0.3, -0.25) is 4.79 Å². The Morgan fingerprint density at radius 2 is 2.00 bits per heavy atom. The van der Waals surface area contributed by atoms with Crippen LogP contribution >= 0.6 is 0 Å². The second-order valence-corrected chi connectivity index (χ2v) is 8.26. The van der Waals surface area contributed by atoms with Crippen molar-refractivity contribution >= 4 is 11.6 Å². The van der Waals surface area contributed by atoms with Gasteiger partial charge in [-0.15, -0.1) is 0 Å². The van der Waals surface area contributed by atoms with Crippen molar-refractivity contribution in [3.05, 3.63) is 29.3 Å². The Morgan fingerprint density at radius 3 is 2.62 bits per heavy atom. The molecule has 0 spiro atoms. The van der Waals surface area contributed by atoms with Crippen LogP contribution in [0.2, 0.25) is 0 Å². The number of hydrogen-bond donors (Lipinski definition) is 1. The molecule has 1 aromatic carbocycles. The first kappa shape index (κ1) is 17.4.